The van der Waals surface area contributed by atoms with Crippen LogP contribution >= 0.6 is 0 Å². The number of ether oxygens (including phenoxy) is 3. The molecular formula is C28H38N6O9. The lowest BCUT2D eigenvalue weighted by atomic mass is 9.94. The van der Waals surface area contributed by atoms with Gasteiger partial charge in [-0.3, -0.25) is 19.1 Å². The third-order valence-corrected chi connectivity index (χ3v) is 7.40. The molecule has 1 fully saturated rings. The van der Waals surface area contributed by atoms with Crippen molar-refractivity contribution >= 4 is 5.97 Å². The Morgan fingerprint density at radius 2 is 2.09 bits per heavy atom. The Balaban J connectivity index is 1.44. The normalized spacial score (nSPS) is 19.7. The van der Waals surface area contributed by atoms with Gasteiger partial charge >= 0.3 is 11.7 Å². The number of H-pyrrole nitrogens is 1. The van der Waals surface area contributed by atoms with E-state index < -0.39 is 47.6 Å². The molecule has 0 bridgehead atoms. The molecule has 2 aromatic heterocycles. The number of aromatic hydroxyl groups is 1. The minimum absolute atomic E-state index is 0.00199. The summed E-state index contributed by atoms with van der Waals surface area (Å²) in [5.74, 6) is -1.76. The first-order valence-electron chi connectivity index (χ1n) is 14.1. The number of para-hydroxylation sites is 1. The number of carbonyl (C=O) groups is 1. The van der Waals surface area contributed by atoms with Crippen molar-refractivity contribution in [1.29, 1.82) is 0 Å². The summed E-state index contributed by atoms with van der Waals surface area (Å²) < 4.78 is 19.2. The van der Waals surface area contributed by atoms with Gasteiger partial charge in [-0.15, -0.1) is 5.10 Å². The first-order chi connectivity index (χ1) is 20.7. The molecule has 0 saturated carbocycles. The number of phenols is 1. The Kier molecular flexibility index (Phi) is 10.7. The molecule has 43 heavy (non-hydrogen) atoms. The summed E-state index contributed by atoms with van der Waals surface area (Å²) in [6, 6.07) is 4.21. The molecule has 15 nitrogen and oxygen atoms in total. The van der Waals surface area contributed by atoms with Crippen molar-refractivity contribution in [3.05, 3.63) is 68.3 Å². The zero-order chi connectivity index (χ0) is 31.1. The van der Waals surface area contributed by atoms with Crippen LogP contribution in [0.2, 0.25) is 0 Å². The summed E-state index contributed by atoms with van der Waals surface area (Å²) >= 11 is 0. The van der Waals surface area contributed by atoms with Crippen molar-refractivity contribution in [1.82, 2.24) is 29.9 Å². The number of aliphatic hydroxyl groups excluding tert-OH is 2. The van der Waals surface area contributed by atoms with Crippen LogP contribution in [0.15, 0.2) is 40.2 Å². The first kappa shape index (κ1) is 31.9. The SMILES string of the molecule is CCCCOC(=O)C(CNCc1cn([C@H]2C[C@H](n3cc(C)c(=O)[nH]c3=O)O[C@@H]2CO)nn1)C(O)c1cccc(OC)c1O. The molecule has 1 aliphatic rings. The number of carbonyl (C=O) groups excluding carboxylic acids is 1. The van der Waals surface area contributed by atoms with Gasteiger partial charge < -0.3 is 34.8 Å². The number of hydrogen-bond donors (Lipinski definition) is 5. The number of nitrogens with one attached hydrogen (secondary N) is 2. The lowest BCUT2D eigenvalue weighted by molar-refractivity contribution is -0.152. The molecule has 2 unspecified atom stereocenters. The molecule has 0 amide bonds. The van der Waals surface area contributed by atoms with Gasteiger partial charge in [0.1, 0.15) is 12.3 Å². The fraction of sp³-hybridized carbons (Fsp3) is 0.536. The third-order valence-electron chi connectivity index (χ3n) is 7.40. The number of unbranched alkanes of at least 4 members (excludes halogenated alkanes) is 1. The predicted octanol–water partition coefficient (Wildman–Crippen LogP) is 0.455. The summed E-state index contributed by atoms with van der Waals surface area (Å²) in [5.41, 5.74) is -0.109. The number of aliphatic hydroxyl groups is 2. The zero-order valence-corrected chi connectivity index (χ0v) is 24.3. The van der Waals surface area contributed by atoms with E-state index in [-0.39, 0.29) is 49.8 Å². The fourth-order valence-electron chi connectivity index (χ4n) is 4.95. The molecule has 3 aromatic rings. The van der Waals surface area contributed by atoms with Crippen LogP contribution in [0.1, 0.15) is 61.4 Å². The molecule has 4 rings (SSSR count). The lowest BCUT2D eigenvalue weighted by Crippen LogP contribution is -2.34. The maximum absolute atomic E-state index is 13.0. The summed E-state index contributed by atoms with van der Waals surface area (Å²) in [7, 11) is 1.39. The summed E-state index contributed by atoms with van der Waals surface area (Å²) in [4.78, 5) is 39.3. The van der Waals surface area contributed by atoms with Crippen molar-refractivity contribution in [2.45, 2.75) is 64.1 Å². The lowest BCUT2D eigenvalue weighted by Gasteiger charge is -2.23. The first-order valence-corrected chi connectivity index (χ1v) is 14.1. The second-order valence-electron chi connectivity index (χ2n) is 10.4. The molecule has 1 aliphatic heterocycles. The predicted molar refractivity (Wildman–Crippen MR) is 151 cm³/mol. The van der Waals surface area contributed by atoms with E-state index in [1.807, 2.05) is 6.92 Å². The molecular weight excluding hydrogens is 564 g/mol. The average Bonchev–Trinajstić information content (AvgIpc) is 3.64. The molecule has 3 heterocycles. The van der Waals surface area contributed by atoms with E-state index in [4.69, 9.17) is 14.2 Å². The minimum Gasteiger partial charge on any atom is -0.504 e. The van der Waals surface area contributed by atoms with E-state index in [0.29, 0.717) is 17.7 Å². The van der Waals surface area contributed by atoms with Gasteiger partial charge in [0.05, 0.1) is 50.3 Å². The largest absolute Gasteiger partial charge is 0.504 e. The van der Waals surface area contributed by atoms with Gasteiger partial charge in [-0.2, -0.15) is 0 Å². The highest BCUT2D eigenvalue weighted by Crippen LogP contribution is 2.37. The van der Waals surface area contributed by atoms with Crippen molar-refractivity contribution in [3.63, 3.8) is 0 Å². The van der Waals surface area contributed by atoms with Gasteiger partial charge in [0, 0.05) is 36.8 Å². The van der Waals surface area contributed by atoms with Gasteiger partial charge in [-0.1, -0.05) is 30.7 Å². The maximum Gasteiger partial charge on any atom is 0.330 e. The number of benzene rings is 1. The molecule has 1 aromatic carbocycles. The van der Waals surface area contributed by atoms with Gasteiger partial charge in [-0.25, -0.2) is 9.48 Å². The highest BCUT2D eigenvalue weighted by atomic mass is 16.5. The molecule has 0 aliphatic carbocycles. The van der Waals surface area contributed by atoms with Crippen LogP contribution in [0.4, 0.5) is 0 Å². The number of methoxy groups -OCH3 is 1. The zero-order valence-electron chi connectivity index (χ0n) is 24.3. The number of nitrogens with zero attached hydrogens (tertiary/aromatic N) is 4. The molecule has 0 radical (unpaired) electrons. The van der Waals surface area contributed by atoms with Gasteiger partial charge in [0.15, 0.2) is 11.5 Å². The Bertz CT molecular complexity index is 1500. The number of rotatable bonds is 14. The third kappa shape index (κ3) is 7.30. The number of aromatic nitrogens is 5. The summed E-state index contributed by atoms with van der Waals surface area (Å²) in [6.45, 7) is 3.59. The molecule has 15 heteroatoms. The van der Waals surface area contributed by atoms with E-state index >= 15 is 0 Å². The topological polar surface area (TPSA) is 203 Å². The Labute approximate surface area is 247 Å². The highest BCUT2D eigenvalue weighted by molar-refractivity contribution is 5.74. The van der Waals surface area contributed by atoms with Crippen LogP contribution in [0.5, 0.6) is 11.5 Å². The van der Waals surface area contributed by atoms with Crippen LogP contribution < -0.4 is 21.3 Å². The molecule has 234 valence electrons. The molecule has 5 N–H and O–H groups in total. The van der Waals surface area contributed by atoms with Crippen LogP contribution in [-0.4, -0.2) is 78.8 Å². The van der Waals surface area contributed by atoms with Gasteiger partial charge in [0.25, 0.3) is 5.56 Å². The number of aryl methyl sites for hydroxylation is 1. The van der Waals surface area contributed by atoms with Gasteiger partial charge in [-0.05, 0) is 19.4 Å². The molecule has 5 atom stereocenters. The maximum atomic E-state index is 13.0. The van der Waals surface area contributed by atoms with E-state index in [2.05, 4.69) is 20.6 Å². The number of esters is 1. The van der Waals surface area contributed by atoms with Crippen LogP contribution in [0, 0.1) is 12.8 Å². The number of phenolic OH excluding ortho intramolecular Hbond substituents is 1. The van der Waals surface area contributed by atoms with E-state index in [1.165, 1.54) is 23.9 Å². The van der Waals surface area contributed by atoms with Crippen molar-refractivity contribution in [3.8, 4) is 11.5 Å². The Morgan fingerprint density at radius 1 is 1.30 bits per heavy atom. The van der Waals surface area contributed by atoms with Crippen LogP contribution in [0.3, 0.4) is 0 Å². The number of hydrogen-bond acceptors (Lipinski definition) is 12. The number of aromatic amines is 1. The van der Waals surface area contributed by atoms with Crippen LogP contribution in [0.25, 0.3) is 0 Å². The van der Waals surface area contributed by atoms with Crippen molar-refractivity contribution in [2.75, 3.05) is 26.9 Å². The van der Waals surface area contributed by atoms with Crippen LogP contribution in [-0.2, 0) is 20.8 Å². The standard InChI is InChI=1S/C28H38N6O9/c1-4-5-9-42-27(39)19(24(36)18-7-6-8-21(41-3)25(18)37)12-29-11-17-14-34(32-31-17)20-10-23(43-22(20)15-35)33-13-16(2)26(38)30-28(33)40/h6-8,13-14,19-20,22-24,29,35-37H,4-5,9-12,15H2,1-3H3,(H,30,38,40)/t19?,20-,22+,23+,24?/m0/s1. The van der Waals surface area contributed by atoms with E-state index in [1.54, 1.807) is 29.9 Å². The monoisotopic (exact) mass is 602 g/mol. The minimum atomic E-state index is -1.38. The smallest absolute Gasteiger partial charge is 0.330 e. The van der Waals surface area contributed by atoms with Crippen molar-refractivity contribution < 1.29 is 34.3 Å². The highest BCUT2D eigenvalue weighted by Gasteiger charge is 2.38. The van der Waals surface area contributed by atoms with Crippen molar-refractivity contribution in [2.24, 2.45) is 5.92 Å². The fourth-order valence-corrected chi connectivity index (χ4v) is 4.95. The molecule has 0 spiro atoms. The Morgan fingerprint density at radius 3 is 2.81 bits per heavy atom. The van der Waals surface area contributed by atoms with E-state index in [9.17, 15) is 29.7 Å². The Hall–Kier alpha value is -4.05. The molecule has 1 saturated heterocycles. The quantitative estimate of drug-likeness (QED) is 0.126. The van der Waals surface area contributed by atoms with E-state index in [0.717, 1.165) is 6.42 Å². The average molecular weight is 603 g/mol. The summed E-state index contributed by atoms with van der Waals surface area (Å²) in [5, 5.41) is 43.0. The summed E-state index contributed by atoms with van der Waals surface area (Å²) in [6.07, 6.45) is 2.07. The second-order valence-corrected chi connectivity index (χ2v) is 10.4. The van der Waals surface area contributed by atoms with Gasteiger partial charge in [0.2, 0.25) is 0 Å². The second kappa shape index (κ2) is 14.4.